The lowest BCUT2D eigenvalue weighted by atomic mass is 9.48. The number of phenols is 1. The predicted molar refractivity (Wildman–Crippen MR) is 175 cm³/mol. The van der Waals surface area contributed by atoms with Gasteiger partial charge in [-0.05, 0) is 78.4 Å². The fraction of sp³-hybridized carbons (Fsp3) is 0.278. The van der Waals surface area contributed by atoms with Gasteiger partial charge in [0.1, 0.15) is 17.2 Å². The third kappa shape index (κ3) is 4.39. The molecule has 5 aliphatic rings. The number of nitrogens with zero attached hydrogens (tertiary/aromatic N) is 1. The Labute approximate surface area is 285 Å². The number of fused-ring (bicyclic) bond motifs is 5. The molecular weight excluding hydrogens is 657 g/mol. The Hall–Kier alpha value is -4.80. The number of ether oxygens (including phenoxy) is 2. The van der Waals surface area contributed by atoms with Gasteiger partial charge in [-0.2, -0.15) is 5.01 Å². The lowest BCUT2D eigenvalue weighted by Crippen LogP contribution is -2.55. The van der Waals surface area contributed by atoms with Gasteiger partial charge in [-0.3, -0.25) is 29.9 Å². The number of rotatable bonds is 5. The molecule has 0 spiro atoms. The molecule has 6 unspecified atom stereocenters. The largest absolute Gasteiger partial charge is 0.508 e. The van der Waals surface area contributed by atoms with E-state index in [1.807, 2.05) is 6.08 Å². The molecule has 48 heavy (non-hydrogen) atoms. The molecular formula is C36H29Cl2N3O7. The number of amides is 4. The Morgan fingerprint density at radius 3 is 2.54 bits per heavy atom. The van der Waals surface area contributed by atoms with Crippen molar-refractivity contribution in [3.63, 3.8) is 0 Å². The normalized spacial score (nSPS) is 28.7. The number of hydrazine groups is 1. The van der Waals surface area contributed by atoms with E-state index in [-0.39, 0.29) is 29.0 Å². The zero-order chi connectivity index (χ0) is 33.5. The summed E-state index contributed by atoms with van der Waals surface area (Å²) in [7, 11) is 1.55. The number of aromatic hydroxyl groups is 1. The minimum Gasteiger partial charge on any atom is -0.508 e. The van der Waals surface area contributed by atoms with E-state index in [1.165, 1.54) is 12.1 Å². The number of carbonyl (C=O) groups is 4. The van der Waals surface area contributed by atoms with Crippen LogP contribution in [-0.2, 0) is 31.0 Å². The van der Waals surface area contributed by atoms with E-state index in [2.05, 4.69) is 10.7 Å². The molecule has 0 aromatic heterocycles. The smallest absolute Gasteiger partial charge is 0.260 e. The van der Waals surface area contributed by atoms with Crippen LogP contribution in [0.2, 0.25) is 10.0 Å². The fourth-order valence-corrected chi connectivity index (χ4v) is 9.02. The van der Waals surface area contributed by atoms with Gasteiger partial charge < -0.3 is 14.6 Å². The Morgan fingerprint density at radius 2 is 1.79 bits per heavy atom. The Morgan fingerprint density at radius 1 is 1.00 bits per heavy atom. The van der Waals surface area contributed by atoms with Crippen LogP contribution in [0.15, 0.2) is 84.1 Å². The average molecular weight is 687 g/mol. The maximum absolute atomic E-state index is 15.3. The van der Waals surface area contributed by atoms with Crippen LogP contribution < -0.4 is 20.2 Å². The minimum absolute atomic E-state index is 0.0612. The Bertz CT molecular complexity index is 1990. The van der Waals surface area contributed by atoms with Crippen LogP contribution >= 0.6 is 23.2 Å². The molecule has 0 radical (unpaired) electrons. The summed E-state index contributed by atoms with van der Waals surface area (Å²) in [5, 5.41) is 14.5. The van der Waals surface area contributed by atoms with Crippen LogP contribution in [0, 0.1) is 29.6 Å². The monoisotopic (exact) mass is 685 g/mol. The molecule has 3 fully saturated rings. The average Bonchev–Trinajstić information content (AvgIpc) is 3.49. The summed E-state index contributed by atoms with van der Waals surface area (Å²) in [4.78, 5) is 56.2. The third-order valence-electron chi connectivity index (χ3n) is 10.6. The number of hydrogen-bond donors (Lipinski definition) is 3. The second kappa shape index (κ2) is 11.1. The molecule has 12 heteroatoms. The molecule has 1 saturated carbocycles. The lowest BCUT2D eigenvalue weighted by molar-refractivity contribution is -0.139. The SMILES string of the molecule is COc1ccc(C23C(=O)N(Nc4ccc(Cl)cc4Cl)C(=O)C2CC2C(=CCC4C(=O)NC(=O)C42)C3C2=COc3ccc(O)cc3C2)cc1. The van der Waals surface area contributed by atoms with Gasteiger partial charge in [-0.15, -0.1) is 0 Å². The van der Waals surface area contributed by atoms with E-state index in [0.29, 0.717) is 51.8 Å². The zero-order valence-corrected chi connectivity index (χ0v) is 27.0. The van der Waals surface area contributed by atoms with Gasteiger partial charge in [0.2, 0.25) is 11.8 Å². The zero-order valence-electron chi connectivity index (χ0n) is 25.5. The first-order valence-electron chi connectivity index (χ1n) is 15.6. The molecule has 0 bridgehead atoms. The first-order chi connectivity index (χ1) is 23.1. The summed E-state index contributed by atoms with van der Waals surface area (Å²) in [6.07, 6.45) is 4.35. The molecule has 3 aromatic carbocycles. The van der Waals surface area contributed by atoms with Crippen molar-refractivity contribution >= 4 is 52.5 Å². The van der Waals surface area contributed by atoms with Crippen LogP contribution in [0.25, 0.3) is 0 Å². The number of nitrogens with one attached hydrogen (secondary N) is 2. The summed E-state index contributed by atoms with van der Waals surface area (Å²) >= 11 is 12.6. The molecule has 8 rings (SSSR count). The van der Waals surface area contributed by atoms with Crippen molar-refractivity contribution in [3.05, 3.63) is 105 Å². The number of halogens is 2. The number of hydrogen-bond acceptors (Lipinski definition) is 8. The van der Waals surface area contributed by atoms with Crippen LogP contribution in [0.4, 0.5) is 5.69 Å². The van der Waals surface area contributed by atoms with Gasteiger partial charge in [-0.25, -0.2) is 0 Å². The van der Waals surface area contributed by atoms with Crippen molar-refractivity contribution in [2.24, 2.45) is 29.6 Å². The molecule has 2 aliphatic carbocycles. The number of anilines is 1. The highest BCUT2D eigenvalue weighted by Crippen LogP contribution is 2.63. The minimum atomic E-state index is -1.49. The molecule has 2 saturated heterocycles. The van der Waals surface area contributed by atoms with Crippen LogP contribution in [0.1, 0.15) is 24.0 Å². The van der Waals surface area contributed by atoms with E-state index in [9.17, 15) is 19.5 Å². The molecule has 6 atom stereocenters. The Balaban J connectivity index is 1.35. The summed E-state index contributed by atoms with van der Waals surface area (Å²) in [6, 6.07) is 16.6. The second-order valence-corrected chi connectivity index (χ2v) is 13.7. The molecule has 3 aromatic rings. The quantitative estimate of drug-likeness (QED) is 0.242. The number of imide groups is 2. The Kier molecular flexibility index (Phi) is 7.08. The summed E-state index contributed by atoms with van der Waals surface area (Å²) in [5.41, 5.74) is 4.59. The number of methoxy groups -OCH3 is 1. The highest BCUT2D eigenvalue weighted by atomic mass is 35.5. The highest BCUT2D eigenvalue weighted by Gasteiger charge is 2.70. The number of carbonyl (C=O) groups excluding carboxylic acids is 4. The predicted octanol–water partition coefficient (Wildman–Crippen LogP) is 5.33. The van der Waals surface area contributed by atoms with Gasteiger partial charge in [0.05, 0.1) is 47.3 Å². The molecule has 3 N–H and O–H groups in total. The maximum atomic E-state index is 15.3. The van der Waals surface area contributed by atoms with Crippen molar-refractivity contribution < 1.29 is 33.8 Å². The number of benzene rings is 3. The molecule has 4 amide bonds. The van der Waals surface area contributed by atoms with Crippen molar-refractivity contribution in [1.29, 1.82) is 0 Å². The van der Waals surface area contributed by atoms with Gasteiger partial charge in [0.25, 0.3) is 11.8 Å². The van der Waals surface area contributed by atoms with Crippen molar-refractivity contribution in [2.45, 2.75) is 24.7 Å². The fourth-order valence-electron chi connectivity index (χ4n) is 8.57. The molecule has 10 nitrogen and oxygen atoms in total. The first kappa shape index (κ1) is 30.5. The summed E-state index contributed by atoms with van der Waals surface area (Å²) in [6.45, 7) is 0. The molecule has 3 aliphatic heterocycles. The lowest BCUT2D eigenvalue weighted by Gasteiger charge is -2.51. The molecule has 3 heterocycles. The third-order valence-corrected chi connectivity index (χ3v) is 11.1. The van der Waals surface area contributed by atoms with E-state index in [0.717, 1.165) is 10.6 Å². The number of phenolic OH excluding ortho intramolecular Hbond substituents is 1. The summed E-state index contributed by atoms with van der Waals surface area (Å²) in [5.74, 6) is -3.96. The van der Waals surface area contributed by atoms with E-state index in [4.69, 9.17) is 32.7 Å². The number of allylic oxidation sites excluding steroid dienone is 3. The van der Waals surface area contributed by atoms with Gasteiger partial charge in [-0.1, -0.05) is 47.0 Å². The van der Waals surface area contributed by atoms with Crippen LogP contribution in [0.5, 0.6) is 17.2 Å². The van der Waals surface area contributed by atoms with E-state index in [1.54, 1.807) is 61.9 Å². The van der Waals surface area contributed by atoms with Gasteiger partial charge in [0, 0.05) is 22.9 Å². The topological polar surface area (TPSA) is 134 Å². The van der Waals surface area contributed by atoms with Crippen LogP contribution in [0.3, 0.4) is 0 Å². The summed E-state index contributed by atoms with van der Waals surface area (Å²) < 4.78 is 11.6. The van der Waals surface area contributed by atoms with E-state index < -0.39 is 46.8 Å². The second-order valence-electron chi connectivity index (χ2n) is 12.8. The van der Waals surface area contributed by atoms with Gasteiger partial charge >= 0.3 is 0 Å². The van der Waals surface area contributed by atoms with Crippen molar-refractivity contribution in [1.82, 2.24) is 10.3 Å². The first-order valence-corrected chi connectivity index (χ1v) is 16.3. The van der Waals surface area contributed by atoms with E-state index >= 15 is 4.79 Å². The van der Waals surface area contributed by atoms with Crippen LogP contribution in [-0.4, -0.2) is 40.9 Å². The van der Waals surface area contributed by atoms with Crippen molar-refractivity contribution in [2.75, 3.05) is 12.5 Å². The molecule has 244 valence electrons. The highest BCUT2D eigenvalue weighted by molar-refractivity contribution is 6.36. The maximum Gasteiger partial charge on any atom is 0.260 e. The van der Waals surface area contributed by atoms with Crippen molar-refractivity contribution in [3.8, 4) is 17.2 Å². The standard InChI is InChI=1S/C36H29Cl2N3O7/c1-47-22-6-2-19(3-7-22)36-26(34(45)41(35(36)46)40-28-10-4-20(37)14-27(28)38)15-25-23(8-9-24-30(25)33(44)39-32(24)43)31(36)18-12-17-13-21(42)5-11-29(17)48-16-18/h2-8,10-11,13-14,16,24-26,30-31,40,42H,9,12,15H2,1H3,(H,39,43,44). The van der Waals surface area contributed by atoms with Gasteiger partial charge in [0.15, 0.2) is 0 Å².